The van der Waals surface area contributed by atoms with Gasteiger partial charge in [0.15, 0.2) is 0 Å². The van der Waals surface area contributed by atoms with Crippen molar-refractivity contribution in [3.63, 3.8) is 0 Å². The van der Waals surface area contributed by atoms with E-state index in [4.69, 9.17) is 4.74 Å². The zero-order valence-corrected chi connectivity index (χ0v) is 21.3. The van der Waals surface area contributed by atoms with Gasteiger partial charge in [-0.2, -0.15) is 0 Å². The maximum absolute atomic E-state index is 13.0. The molecule has 4 rings (SSSR count). The number of amides is 2. The molecule has 3 aromatic carbocycles. The third-order valence-electron chi connectivity index (χ3n) is 6.88. The Kier molecular flexibility index (Phi) is 8.88. The van der Waals surface area contributed by atoms with Crippen molar-refractivity contribution in [3.8, 4) is 0 Å². The average Bonchev–Trinajstić information content (AvgIpc) is 2.94. The van der Waals surface area contributed by atoms with E-state index in [1.54, 1.807) is 24.1 Å². The number of aliphatic hydroxyl groups is 1. The second-order valence-electron chi connectivity index (χ2n) is 9.42. The first-order chi connectivity index (χ1) is 18.0. The lowest BCUT2D eigenvalue weighted by Crippen LogP contribution is -2.46. The lowest BCUT2D eigenvalue weighted by Gasteiger charge is -2.36. The van der Waals surface area contributed by atoms with Gasteiger partial charge in [-0.05, 0) is 47.4 Å². The molecule has 0 spiro atoms. The number of carbonyl (C=O) groups is 2. The number of rotatable bonds is 9. The second kappa shape index (κ2) is 12.5. The van der Waals surface area contributed by atoms with Gasteiger partial charge in [0.25, 0.3) is 5.91 Å². The van der Waals surface area contributed by atoms with Gasteiger partial charge in [-0.1, -0.05) is 73.7 Å². The molecule has 6 nitrogen and oxygen atoms in total. The van der Waals surface area contributed by atoms with Crippen LogP contribution in [-0.2, 0) is 22.5 Å². The quantitative estimate of drug-likeness (QED) is 0.400. The van der Waals surface area contributed by atoms with Crippen LogP contribution in [0.3, 0.4) is 0 Å². The van der Waals surface area contributed by atoms with Crippen LogP contribution in [0.2, 0.25) is 0 Å². The number of anilines is 1. The predicted molar refractivity (Wildman–Crippen MR) is 145 cm³/mol. The molecule has 0 aliphatic carbocycles. The number of hydrogen-bond donors (Lipinski definition) is 2. The van der Waals surface area contributed by atoms with Gasteiger partial charge < -0.3 is 20.1 Å². The number of hydrogen-bond acceptors (Lipinski definition) is 4. The molecule has 0 saturated carbocycles. The van der Waals surface area contributed by atoms with Crippen LogP contribution in [0.1, 0.15) is 46.5 Å². The van der Waals surface area contributed by atoms with Crippen LogP contribution in [0.25, 0.3) is 0 Å². The summed E-state index contributed by atoms with van der Waals surface area (Å²) in [5.74, 6) is -0.124. The van der Waals surface area contributed by atoms with Crippen LogP contribution in [-0.4, -0.2) is 41.6 Å². The van der Waals surface area contributed by atoms with E-state index in [0.717, 1.165) is 11.1 Å². The highest BCUT2D eigenvalue weighted by Crippen LogP contribution is 2.28. The summed E-state index contributed by atoms with van der Waals surface area (Å²) in [5, 5.41) is 12.8. The maximum Gasteiger partial charge on any atom is 0.255 e. The number of fused-ring (bicyclic) bond motifs is 1. The van der Waals surface area contributed by atoms with E-state index in [9.17, 15) is 14.7 Å². The molecule has 2 amide bonds. The zero-order valence-electron chi connectivity index (χ0n) is 21.3. The number of methoxy groups -OCH3 is 1. The molecule has 3 aromatic rings. The van der Waals surface area contributed by atoms with Crippen LogP contribution >= 0.6 is 0 Å². The Bertz CT molecular complexity index is 1220. The van der Waals surface area contributed by atoms with Gasteiger partial charge in [-0.25, -0.2) is 0 Å². The minimum Gasteiger partial charge on any atom is -0.394 e. The van der Waals surface area contributed by atoms with Crippen molar-refractivity contribution in [2.45, 2.75) is 38.5 Å². The van der Waals surface area contributed by atoms with E-state index in [0.29, 0.717) is 24.2 Å². The Labute approximate surface area is 218 Å². The van der Waals surface area contributed by atoms with Crippen molar-refractivity contribution in [2.75, 3.05) is 19.0 Å². The number of ether oxygens (including phenoxy) is 1. The van der Waals surface area contributed by atoms with Crippen LogP contribution < -0.4 is 5.32 Å². The zero-order chi connectivity index (χ0) is 26.2. The van der Waals surface area contributed by atoms with Gasteiger partial charge in [0.1, 0.15) is 0 Å². The number of nitrogens with one attached hydrogen (secondary N) is 1. The normalized spacial score (nSPS) is 16.7. The van der Waals surface area contributed by atoms with Gasteiger partial charge in [-0.3, -0.25) is 9.59 Å². The minimum absolute atomic E-state index is 0.00415. The highest BCUT2D eigenvalue weighted by Gasteiger charge is 2.28. The van der Waals surface area contributed by atoms with E-state index in [1.165, 1.54) is 5.56 Å². The summed E-state index contributed by atoms with van der Waals surface area (Å²) in [6.07, 6.45) is 4.64. The largest absolute Gasteiger partial charge is 0.394 e. The van der Waals surface area contributed by atoms with E-state index in [2.05, 4.69) is 11.4 Å². The topological polar surface area (TPSA) is 78.9 Å². The van der Waals surface area contributed by atoms with E-state index < -0.39 is 0 Å². The molecule has 37 heavy (non-hydrogen) atoms. The fourth-order valence-electron chi connectivity index (χ4n) is 4.85. The average molecular weight is 499 g/mol. The molecule has 1 heterocycles. The van der Waals surface area contributed by atoms with E-state index in [-0.39, 0.29) is 42.9 Å². The van der Waals surface area contributed by atoms with Crippen molar-refractivity contribution in [2.24, 2.45) is 5.92 Å². The molecule has 0 radical (unpaired) electrons. The molecule has 0 saturated heterocycles. The fraction of sp³-hybridized carbons (Fsp3) is 0.290. The molecule has 0 bridgehead atoms. The second-order valence-corrected chi connectivity index (χ2v) is 9.42. The van der Waals surface area contributed by atoms with Gasteiger partial charge in [0.05, 0.1) is 18.8 Å². The summed E-state index contributed by atoms with van der Waals surface area (Å²) in [6.45, 7) is 2.53. The van der Waals surface area contributed by atoms with Crippen LogP contribution in [0.5, 0.6) is 0 Å². The van der Waals surface area contributed by atoms with Crippen LogP contribution in [0, 0.1) is 5.92 Å². The van der Waals surface area contributed by atoms with Gasteiger partial charge in [-0.15, -0.1) is 0 Å². The summed E-state index contributed by atoms with van der Waals surface area (Å²) in [7, 11) is 1.67. The first-order valence-corrected chi connectivity index (χ1v) is 12.6. The maximum atomic E-state index is 13.0. The van der Waals surface area contributed by atoms with Crippen molar-refractivity contribution in [1.29, 1.82) is 0 Å². The molecule has 0 fully saturated rings. The van der Waals surface area contributed by atoms with Crippen molar-refractivity contribution in [1.82, 2.24) is 4.90 Å². The Morgan fingerprint density at radius 2 is 1.70 bits per heavy atom. The Hall–Kier alpha value is -3.74. The summed E-state index contributed by atoms with van der Waals surface area (Å²) in [4.78, 5) is 27.2. The fourth-order valence-corrected chi connectivity index (χ4v) is 4.85. The van der Waals surface area contributed by atoms with Crippen molar-refractivity contribution in [3.05, 3.63) is 113 Å². The van der Waals surface area contributed by atoms with Gasteiger partial charge in [0, 0.05) is 37.2 Å². The van der Waals surface area contributed by atoms with Gasteiger partial charge >= 0.3 is 0 Å². The molecule has 2 N–H and O–H groups in total. The number of carbonyl (C=O) groups excluding carboxylic acids is 2. The smallest absolute Gasteiger partial charge is 0.255 e. The lowest BCUT2D eigenvalue weighted by molar-refractivity contribution is -0.134. The van der Waals surface area contributed by atoms with Crippen LogP contribution in [0.15, 0.2) is 91.0 Å². The first-order valence-electron chi connectivity index (χ1n) is 12.6. The number of nitrogens with zero attached hydrogens (tertiary/aromatic N) is 1. The molecule has 1 aliphatic rings. The minimum atomic E-state index is -0.197. The summed E-state index contributed by atoms with van der Waals surface area (Å²) in [6, 6.07) is 24.6. The summed E-state index contributed by atoms with van der Waals surface area (Å²) >= 11 is 0. The predicted octanol–water partition coefficient (Wildman–Crippen LogP) is 5.15. The molecule has 0 unspecified atom stereocenters. The van der Waals surface area contributed by atoms with Crippen LogP contribution in [0.4, 0.5) is 5.69 Å². The molecule has 3 atom stereocenters. The van der Waals surface area contributed by atoms with Crippen molar-refractivity contribution >= 4 is 17.5 Å². The number of benzene rings is 3. The van der Waals surface area contributed by atoms with Crippen molar-refractivity contribution < 1.29 is 19.4 Å². The first kappa shape index (κ1) is 26.3. The Morgan fingerprint density at radius 1 is 1.03 bits per heavy atom. The molecule has 1 aliphatic heterocycles. The monoisotopic (exact) mass is 498 g/mol. The summed E-state index contributed by atoms with van der Waals surface area (Å²) in [5.41, 5.74) is 4.64. The molecular formula is C31H34N2O4. The highest BCUT2D eigenvalue weighted by molar-refractivity contribution is 6.04. The van der Waals surface area contributed by atoms with E-state index in [1.807, 2.05) is 79.7 Å². The highest BCUT2D eigenvalue weighted by atomic mass is 16.5. The Morgan fingerprint density at radius 3 is 2.38 bits per heavy atom. The Balaban J connectivity index is 1.34. The lowest BCUT2D eigenvalue weighted by atomic mass is 9.93. The molecular weight excluding hydrogens is 464 g/mol. The number of aliphatic hydroxyl groups excluding tert-OH is 1. The summed E-state index contributed by atoms with van der Waals surface area (Å²) < 4.78 is 5.77. The third kappa shape index (κ3) is 6.53. The molecule has 192 valence electrons. The molecule has 0 aromatic heterocycles. The third-order valence-corrected chi connectivity index (χ3v) is 6.88. The standard InChI is InChI=1S/C31H34N2O4/c1-22(9-8-14-29(35)33-20-26-13-7-6-12-25(26)19-28(33)21-34)30(37-2)23-15-17-27(18-16-23)32-31(36)24-10-4-3-5-11-24/h3-13,15-18,22,28,30,34H,14,19-21H2,1-2H3,(H,32,36)/b9-8+/t22-,28+,30+/m1/s1. The SMILES string of the molecule is CO[C@H](c1ccc(NC(=O)c2ccccc2)cc1)[C@H](C)/C=C/CC(=O)N1Cc2ccccc2C[C@H]1CO. The van der Waals surface area contributed by atoms with E-state index >= 15 is 0 Å². The molecule has 6 heteroatoms. The van der Waals surface area contributed by atoms with Gasteiger partial charge in [0.2, 0.25) is 5.91 Å².